The summed E-state index contributed by atoms with van der Waals surface area (Å²) in [5.41, 5.74) is 1.94. The third-order valence-electron chi connectivity index (χ3n) is 6.28. The highest BCUT2D eigenvalue weighted by molar-refractivity contribution is 5.94. The molecule has 162 valence electrons. The molecule has 0 aliphatic carbocycles. The van der Waals surface area contributed by atoms with Gasteiger partial charge in [-0.05, 0) is 23.6 Å². The Hall–Kier alpha value is -1.47. The van der Waals surface area contributed by atoms with Gasteiger partial charge in [0.1, 0.15) is 0 Å². The van der Waals surface area contributed by atoms with Gasteiger partial charge in [0.2, 0.25) is 0 Å². The molecule has 1 aromatic rings. The Labute approximate surface area is 175 Å². The van der Waals surface area contributed by atoms with Gasteiger partial charge in [0.15, 0.2) is 0 Å². The smallest absolute Gasteiger partial charge is 0.251 e. The lowest BCUT2D eigenvalue weighted by molar-refractivity contribution is 0.00191. The highest BCUT2D eigenvalue weighted by atomic mass is 16.5. The predicted molar refractivity (Wildman–Crippen MR) is 115 cm³/mol. The van der Waals surface area contributed by atoms with E-state index in [0.717, 1.165) is 77.6 Å². The summed E-state index contributed by atoms with van der Waals surface area (Å²) < 4.78 is 11.0. The van der Waals surface area contributed by atoms with Crippen LogP contribution in [0.5, 0.6) is 0 Å². The molecule has 0 saturated carbocycles. The molecular weight excluding hydrogens is 366 g/mol. The minimum absolute atomic E-state index is 0.0260. The van der Waals surface area contributed by atoms with Crippen LogP contribution >= 0.6 is 0 Å². The fourth-order valence-corrected chi connectivity index (χ4v) is 4.46. The molecule has 1 atom stereocenters. The van der Waals surface area contributed by atoms with E-state index in [9.17, 15) is 4.79 Å². The van der Waals surface area contributed by atoms with Crippen LogP contribution in [0.4, 0.5) is 0 Å². The Morgan fingerprint density at radius 1 is 1.03 bits per heavy atom. The molecule has 1 amide bonds. The minimum Gasteiger partial charge on any atom is -0.379 e. The van der Waals surface area contributed by atoms with E-state index < -0.39 is 0 Å². The first-order valence-corrected chi connectivity index (χ1v) is 11.2. The van der Waals surface area contributed by atoms with Gasteiger partial charge < -0.3 is 14.8 Å². The number of rotatable bonds is 9. The van der Waals surface area contributed by atoms with E-state index in [-0.39, 0.29) is 5.91 Å². The van der Waals surface area contributed by atoms with Crippen molar-refractivity contribution in [3.05, 3.63) is 35.4 Å². The van der Waals surface area contributed by atoms with Crippen LogP contribution in [0, 0.1) is 5.92 Å². The Kier molecular flexibility index (Phi) is 8.92. The van der Waals surface area contributed by atoms with Gasteiger partial charge in [-0.2, -0.15) is 0 Å². The normalized spacial score (nSPS) is 20.0. The minimum atomic E-state index is 0.0260. The second-order valence-corrected chi connectivity index (χ2v) is 8.09. The Morgan fingerprint density at radius 3 is 2.34 bits per heavy atom. The first-order valence-electron chi connectivity index (χ1n) is 11.2. The molecule has 2 aliphatic rings. The van der Waals surface area contributed by atoms with Crippen LogP contribution in [0.1, 0.15) is 42.6 Å². The van der Waals surface area contributed by atoms with Crippen LogP contribution < -0.4 is 5.32 Å². The summed E-state index contributed by atoms with van der Waals surface area (Å²) in [5.74, 6) is 0.610. The van der Waals surface area contributed by atoms with E-state index in [1.54, 1.807) is 0 Å². The Morgan fingerprint density at radius 2 is 1.69 bits per heavy atom. The summed E-state index contributed by atoms with van der Waals surface area (Å²) >= 11 is 0. The molecule has 0 aromatic heterocycles. The van der Waals surface area contributed by atoms with Crippen molar-refractivity contribution in [1.29, 1.82) is 0 Å². The third kappa shape index (κ3) is 6.51. The van der Waals surface area contributed by atoms with E-state index in [0.29, 0.717) is 18.5 Å². The van der Waals surface area contributed by atoms with Gasteiger partial charge in [-0.3, -0.25) is 14.6 Å². The predicted octanol–water partition coefficient (Wildman–Crippen LogP) is 2.39. The molecule has 2 fully saturated rings. The maximum atomic E-state index is 12.9. The molecule has 1 unspecified atom stereocenters. The van der Waals surface area contributed by atoms with Gasteiger partial charge in [0.05, 0.1) is 26.4 Å². The Bertz CT molecular complexity index is 624. The van der Waals surface area contributed by atoms with Crippen molar-refractivity contribution < 1.29 is 14.3 Å². The second-order valence-electron chi connectivity index (χ2n) is 8.09. The molecule has 3 rings (SSSR count). The number of morpholine rings is 2. The van der Waals surface area contributed by atoms with E-state index >= 15 is 0 Å². The molecule has 29 heavy (non-hydrogen) atoms. The van der Waals surface area contributed by atoms with E-state index in [2.05, 4.69) is 35.0 Å². The zero-order valence-corrected chi connectivity index (χ0v) is 18.1. The quantitative estimate of drug-likeness (QED) is 0.686. The first-order chi connectivity index (χ1) is 14.2. The van der Waals surface area contributed by atoms with Crippen molar-refractivity contribution in [3.8, 4) is 0 Å². The lowest BCUT2D eigenvalue weighted by atomic mass is 9.92. The lowest BCUT2D eigenvalue weighted by Crippen LogP contribution is -2.52. The van der Waals surface area contributed by atoms with Crippen LogP contribution in [0.15, 0.2) is 24.3 Å². The van der Waals surface area contributed by atoms with Crippen LogP contribution in [-0.2, 0) is 16.0 Å². The van der Waals surface area contributed by atoms with Crippen LogP contribution in [-0.4, -0.2) is 80.9 Å². The van der Waals surface area contributed by atoms with Crippen molar-refractivity contribution in [1.82, 2.24) is 15.1 Å². The first kappa shape index (κ1) is 22.2. The van der Waals surface area contributed by atoms with Crippen LogP contribution in [0.3, 0.4) is 0 Å². The van der Waals surface area contributed by atoms with E-state index in [1.807, 2.05) is 18.2 Å². The average Bonchev–Trinajstić information content (AvgIpc) is 2.78. The molecule has 0 bridgehead atoms. The highest BCUT2D eigenvalue weighted by Crippen LogP contribution is 2.20. The SMILES string of the molecule is CCC(CC)C(CNC(=O)c1cccc(CN2CCOCC2)c1)N1CCOCC1. The molecule has 2 aliphatic heterocycles. The van der Waals surface area contributed by atoms with Crippen molar-refractivity contribution in [2.75, 3.05) is 59.2 Å². The molecule has 0 spiro atoms. The number of amides is 1. The molecule has 2 saturated heterocycles. The molecule has 6 nitrogen and oxygen atoms in total. The van der Waals surface area contributed by atoms with Gasteiger partial charge in [-0.1, -0.05) is 38.8 Å². The molecule has 2 heterocycles. The summed E-state index contributed by atoms with van der Waals surface area (Å²) in [6, 6.07) is 8.41. The summed E-state index contributed by atoms with van der Waals surface area (Å²) in [6.45, 7) is 13.0. The number of nitrogens with one attached hydrogen (secondary N) is 1. The van der Waals surface area contributed by atoms with Crippen molar-refractivity contribution in [2.45, 2.75) is 39.3 Å². The highest BCUT2D eigenvalue weighted by Gasteiger charge is 2.27. The topological polar surface area (TPSA) is 54.0 Å². The number of hydrogen-bond donors (Lipinski definition) is 1. The van der Waals surface area contributed by atoms with Crippen molar-refractivity contribution >= 4 is 5.91 Å². The number of carbonyl (C=O) groups is 1. The van der Waals surface area contributed by atoms with Gasteiger partial charge in [-0.25, -0.2) is 0 Å². The van der Waals surface area contributed by atoms with Crippen molar-refractivity contribution in [2.24, 2.45) is 5.92 Å². The summed E-state index contributed by atoms with van der Waals surface area (Å²) in [5, 5.41) is 3.22. The number of carbonyl (C=O) groups excluding carboxylic acids is 1. The number of hydrogen-bond acceptors (Lipinski definition) is 5. The molecule has 1 aromatic carbocycles. The van der Waals surface area contributed by atoms with Gasteiger partial charge >= 0.3 is 0 Å². The fraction of sp³-hybridized carbons (Fsp3) is 0.696. The zero-order valence-electron chi connectivity index (χ0n) is 18.1. The zero-order chi connectivity index (χ0) is 20.5. The van der Waals surface area contributed by atoms with Crippen LogP contribution in [0.25, 0.3) is 0 Å². The molecule has 0 radical (unpaired) electrons. The summed E-state index contributed by atoms with van der Waals surface area (Å²) in [4.78, 5) is 17.8. The number of nitrogens with zero attached hydrogens (tertiary/aromatic N) is 2. The maximum absolute atomic E-state index is 12.9. The Balaban J connectivity index is 1.59. The lowest BCUT2D eigenvalue weighted by Gasteiger charge is -2.38. The van der Waals surface area contributed by atoms with E-state index in [4.69, 9.17) is 9.47 Å². The molecule has 1 N–H and O–H groups in total. The van der Waals surface area contributed by atoms with Gasteiger partial charge in [0, 0.05) is 50.9 Å². The molecular formula is C23H37N3O3. The molecule has 6 heteroatoms. The van der Waals surface area contributed by atoms with Crippen molar-refractivity contribution in [3.63, 3.8) is 0 Å². The van der Waals surface area contributed by atoms with E-state index in [1.165, 1.54) is 5.56 Å². The van der Waals surface area contributed by atoms with Crippen LogP contribution in [0.2, 0.25) is 0 Å². The standard InChI is InChI=1S/C23H37N3O3/c1-3-20(4-2)22(26-10-14-29-15-11-26)17-24-23(27)21-7-5-6-19(16-21)18-25-8-12-28-13-9-25/h5-7,16,20,22H,3-4,8-15,17-18H2,1-2H3,(H,24,27). The second kappa shape index (κ2) is 11.6. The third-order valence-corrected chi connectivity index (χ3v) is 6.28. The summed E-state index contributed by atoms with van der Waals surface area (Å²) in [7, 11) is 0. The maximum Gasteiger partial charge on any atom is 0.251 e. The van der Waals surface area contributed by atoms with Gasteiger partial charge in [0.25, 0.3) is 5.91 Å². The largest absolute Gasteiger partial charge is 0.379 e. The number of ether oxygens (including phenoxy) is 2. The average molecular weight is 404 g/mol. The number of benzene rings is 1. The fourth-order valence-electron chi connectivity index (χ4n) is 4.46. The monoisotopic (exact) mass is 403 g/mol. The summed E-state index contributed by atoms with van der Waals surface area (Å²) in [6.07, 6.45) is 2.26. The van der Waals surface area contributed by atoms with Gasteiger partial charge in [-0.15, -0.1) is 0 Å².